The van der Waals surface area contributed by atoms with E-state index in [1.54, 1.807) is 19.2 Å². The molecule has 0 aliphatic heterocycles. The van der Waals surface area contributed by atoms with Crippen LogP contribution in [-0.2, 0) is 6.18 Å². The van der Waals surface area contributed by atoms with Crippen molar-refractivity contribution in [1.82, 2.24) is 9.78 Å². The van der Waals surface area contributed by atoms with Gasteiger partial charge in [0, 0.05) is 24.4 Å². The molecule has 0 bridgehead atoms. The topological polar surface area (TPSA) is 34.9 Å². The number of carbonyl (C=O) groups is 1. The van der Waals surface area contributed by atoms with Crippen molar-refractivity contribution in [2.24, 2.45) is 0 Å². The molecule has 0 N–H and O–H groups in total. The van der Waals surface area contributed by atoms with E-state index in [9.17, 15) is 18.0 Å². The number of halogens is 3. The number of Topliss-reactive ketones (excluding diaryl/α,β-unsaturated/α-hetero) is 1. The Kier molecular flexibility index (Phi) is 3.42. The highest BCUT2D eigenvalue weighted by Gasteiger charge is 2.31. The molecule has 2 rings (SSSR count). The van der Waals surface area contributed by atoms with Crippen molar-refractivity contribution in [2.45, 2.75) is 19.5 Å². The number of ketones is 1. The Morgan fingerprint density at radius 2 is 2.11 bits per heavy atom. The van der Waals surface area contributed by atoms with Crippen LogP contribution in [-0.4, -0.2) is 15.6 Å². The van der Waals surface area contributed by atoms with Crippen LogP contribution in [0.4, 0.5) is 13.2 Å². The Bertz CT molecular complexity index is 588. The number of hydrogen-bond donors (Lipinski definition) is 0. The summed E-state index contributed by atoms with van der Waals surface area (Å²) in [6.07, 6.45) is -1.26. The van der Waals surface area contributed by atoms with Gasteiger partial charge in [0.15, 0.2) is 5.78 Å². The fourth-order valence-electron chi connectivity index (χ4n) is 1.74. The number of rotatable bonds is 3. The maximum Gasteiger partial charge on any atom is 0.416 e. The van der Waals surface area contributed by atoms with Gasteiger partial charge in [-0.2, -0.15) is 18.3 Å². The van der Waals surface area contributed by atoms with E-state index >= 15 is 0 Å². The average molecular weight is 268 g/mol. The van der Waals surface area contributed by atoms with E-state index in [0.29, 0.717) is 5.69 Å². The smallest absolute Gasteiger partial charge is 0.294 e. The van der Waals surface area contributed by atoms with Crippen LogP contribution in [0.2, 0.25) is 0 Å². The van der Waals surface area contributed by atoms with E-state index in [1.807, 2.05) is 0 Å². The molecule has 0 unspecified atom stereocenters. The van der Waals surface area contributed by atoms with Gasteiger partial charge in [-0.05, 0) is 24.3 Å². The number of carbonyl (C=O) groups excluding carboxylic acids is 1. The molecule has 0 saturated carbocycles. The third-order valence-electron chi connectivity index (χ3n) is 2.70. The maximum absolute atomic E-state index is 12.7. The van der Waals surface area contributed by atoms with Gasteiger partial charge in [0.05, 0.1) is 11.3 Å². The van der Waals surface area contributed by atoms with Gasteiger partial charge in [0.25, 0.3) is 0 Å². The molecular weight excluding hydrogens is 257 g/mol. The Balaban J connectivity index is 2.59. The first-order valence-electron chi connectivity index (χ1n) is 5.68. The van der Waals surface area contributed by atoms with Crippen LogP contribution >= 0.6 is 0 Å². The van der Waals surface area contributed by atoms with E-state index in [1.165, 1.54) is 16.9 Å². The highest BCUT2D eigenvalue weighted by molar-refractivity contribution is 5.99. The number of nitrogens with zero attached hydrogens (tertiary/aromatic N) is 2. The van der Waals surface area contributed by atoms with Crippen molar-refractivity contribution in [1.29, 1.82) is 0 Å². The van der Waals surface area contributed by atoms with Crippen molar-refractivity contribution < 1.29 is 18.0 Å². The molecule has 6 heteroatoms. The number of aromatic nitrogens is 2. The maximum atomic E-state index is 12.7. The zero-order chi connectivity index (χ0) is 14.0. The van der Waals surface area contributed by atoms with Crippen molar-refractivity contribution >= 4 is 5.78 Å². The third-order valence-corrected chi connectivity index (χ3v) is 2.70. The Morgan fingerprint density at radius 1 is 1.37 bits per heavy atom. The summed E-state index contributed by atoms with van der Waals surface area (Å²) in [7, 11) is 0. The first kappa shape index (κ1) is 13.3. The molecular formula is C13H11F3N2O. The molecule has 1 heterocycles. The lowest BCUT2D eigenvalue weighted by Gasteiger charge is -2.12. The monoisotopic (exact) mass is 268 g/mol. The van der Waals surface area contributed by atoms with E-state index in [-0.39, 0.29) is 17.8 Å². The quantitative estimate of drug-likeness (QED) is 0.799. The second-order valence-electron chi connectivity index (χ2n) is 3.96. The molecule has 3 nitrogen and oxygen atoms in total. The van der Waals surface area contributed by atoms with Crippen LogP contribution in [0, 0.1) is 0 Å². The Labute approximate surface area is 107 Å². The van der Waals surface area contributed by atoms with Gasteiger partial charge in [-0.3, -0.25) is 4.79 Å². The molecule has 0 aliphatic carbocycles. The summed E-state index contributed by atoms with van der Waals surface area (Å²) in [5.41, 5.74) is -0.453. The zero-order valence-corrected chi connectivity index (χ0v) is 10.1. The van der Waals surface area contributed by atoms with Crippen LogP contribution in [0.5, 0.6) is 0 Å². The molecule has 0 saturated heterocycles. The number of alkyl halides is 3. The first-order valence-corrected chi connectivity index (χ1v) is 5.68. The van der Waals surface area contributed by atoms with Gasteiger partial charge in [-0.25, -0.2) is 4.68 Å². The summed E-state index contributed by atoms with van der Waals surface area (Å²) >= 11 is 0. The van der Waals surface area contributed by atoms with Crippen LogP contribution in [0.15, 0.2) is 36.7 Å². The predicted octanol–water partition coefficient (Wildman–Crippen LogP) is 3.48. The zero-order valence-electron chi connectivity index (χ0n) is 10.1. The molecule has 0 fully saturated rings. The Morgan fingerprint density at radius 3 is 2.63 bits per heavy atom. The first-order chi connectivity index (χ1) is 8.93. The SMILES string of the molecule is CCC(=O)c1cc(C(F)(F)F)ccc1-n1cccn1. The molecule has 0 spiro atoms. The molecule has 1 aromatic heterocycles. The summed E-state index contributed by atoms with van der Waals surface area (Å²) < 4.78 is 39.4. The normalized spacial score (nSPS) is 11.6. The lowest BCUT2D eigenvalue weighted by atomic mass is 10.0. The molecule has 100 valence electrons. The summed E-state index contributed by atoms with van der Waals surface area (Å²) in [5.74, 6) is -0.350. The van der Waals surface area contributed by atoms with Gasteiger partial charge in [-0.1, -0.05) is 6.92 Å². The van der Waals surface area contributed by atoms with Gasteiger partial charge in [0.2, 0.25) is 0 Å². The van der Waals surface area contributed by atoms with E-state index in [2.05, 4.69) is 5.10 Å². The van der Waals surface area contributed by atoms with Crippen LogP contribution < -0.4 is 0 Å². The predicted molar refractivity (Wildman–Crippen MR) is 63.2 cm³/mol. The minimum atomic E-state index is -4.47. The van der Waals surface area contributed by atoms with Crippen LogP contribution in [0.1, 0.15) is 29.3 Å². The molecule has 0 atom stereocenters. The minimum Gasteiger partial charge on any atom is -0.294 e. The molecule has 0 amide bonds. The second kappa shape index (κ2) is 4.87. The lowest BCUT2D eigenvalue weighted by Crippen LogP contribution is -2.11. The highest BCUT2D eigenvalue weighted by atomic mass is 19.4. The van der Waals surface area contributed by atoms with Crippen molar-refractivity contribution in [3.05, 3.63) is 47.8 Å². The standard InChI is InChI=1S/C13H11F3N2O/c1-2-12(19)10-8-9(13(14,15)16)4-5-11(10)18-7-3-6-17-18/h3-8H,2H2,1H3. The van der Waals surface area contributed by atoms with Crippen molar-refractivity contribution in [3.63, 3.8) is 0 Å². The minimum absolute atomic E-state index is 0.0287. The third kappa shape index (κ3) is 2.67. The number of hydrogen-bond acceptors (Lipinski definition) is 2. The van der Waals surface area contributed by atoms with Crippen molar-refractivity contribution in [2.75, 3.05) is 0 Å². The fourth-order valence-corrected chi connectivity index (χ4v) is 1.74. The van der Waals surface area contributed by atoms with Gasteiger partial charge >= 0.3 is 6.18 Å². The van der Waals surface area contributed by atoms with Crippen LogP contribution in [0.3, 0.4) is 0 Å². The van der Waals surface area contributed by atoms with Gasteiger partial charge < -0.3 is 0 Å². The van der Waals surface area contributed by atoms with E-state index < -0.39 is 11.7 Å². The summed E-state index contributed by atoms with van der Waals surface area (Å²) in [6.45, 7) is 1.61. The highest BCUT2D eigenvalue weighted by Crippen LogP contribution is 2.31. The van der Waals surface area contributed by atoms with E-state index in [0.717, 1.165) is 12.1 Å². The molecule has 1 aromatic carbocycles. The second-order valence-corrected chi connectivity index (χ2v) is 3.96. The lowest BCUT2D eigenvalue weighted by molar-refractivity contribution is -0.137. The van der Waals surface area contributed by atoms with Crippen molar-refractivity contribution in [3.8, 4) is 5.69 Å². The summed E-state index contributed by atoms with van der Waals surface area (Å²) in [4.78, 5) is 11.8. The molecule has 19 heavy (non-hydrogen) atoms. The summed E-state index contributed by atoms with van der Waals surface area (Å²) in [6, 6.07) is 4.73. The van der Waals surface area contributed by atoms with E-state index in [4.69, 9.17) is 0 Å². The number of benzene rings is 1. The summed E-state index contributed by atoms with van der Waals surface area (Å²) in [5, 5.41) is 3.94. The van der Waals surface area contributed by atoms with Gasteiger partial charge in [-0.15, -0.1) is 0 Å². The Hall–Kier alpha value is -2.11. The average Bonchev–Trinajstić information content (AvgIpc) is 2.89. The molecule has 0 aliphatic rings. The molecule has 0 radical (unpaired) electrons. The van der Waals surface area contributed by atoms with Gasteiger partial charge in [0.1, 0.15) is 0 Å². The molecule has 2 aromatic rings. The fraction of sp³-hybridized carbons (Fsp3) is 0.231. The largest absolute Gasteiger partial charge is 0.416 e. The van der Waals surface area contributed by atoms with Crippen LogP contribution in [0.25, 0.3) is 5.69 Å².